The molecule has 0 atom stereocenters. The lowest BCUT2D eigenvalue weighted by atomic mass is 10.1. The third kappa shape index (κ3) is 4.91. The molecule has 0 aromatic heterocycles. The molecule has 0 heterocycles. The van der Waals surface area contributed by atoms with E-state index in [2.05, 4.69) is 5.32 Å². The fraction of sp³-hybridized carbons (Fsp3) is 0.263. The lowest BCUT2D eigenvalue weighted by Crippen LogP contribution is -2.14. The summed E-state index contributed by atoms with van der Waals surface area (Å²) in [6, 6.07) is 11.0. The van der Waals surface area contributed by atoms with Gasteiger partial charge in [0.25, 0.3) is 0 Å². The Morgan fingerprint density at radius 2 is 1.79 bits per heavy atom. The van der Waals surface area contributed by atoms with Crippen LogP contribution in [0.1, 0.15) is 35.7 Å². The number of benzene rings is 2. The molecule has 126 valence electrons. The molecule has 0 spiro atoms. The first-order valence-corrected chi connectivity index (χ1v) is 7.81. The number of halogens is 1. The molecule has 0 unspecified atom stereocenters. The molecular weight excluding hydrogens is 309 g/mol. The number of Topliss-reactive ketones (excluding diaryl/α,β-unsaturated/α-hetero) is 1. The van der Waals surface area contributed by atoms with Crippen molar-refractivity contribution in [2.24, 2.45) is 0 Å². The van der Waals surface area contributed by atoms with Crippen molar-refractivity contribution in [2.45, 2.75) is 26.7 Å². The van der Waals surface area contributed by atoms with Gasteiger partial charge in [-0.3, -0.25) is 9.59 Å². The van der Waals surface area contributed by atoms with Crippen molar-refractivity contribution < 1.29 is 18.7 Å². The first kappa shape index (κ1) is 17.7. The van der Waals surface area contributed by atoms with E-state index < -0.39 is 0 Å². The first-order chi connectivity index (χ1) is 11.5. The van der Waals surface area contributed by atoms with Gasteiger partial charge in [-0.15, -0.1) is 0 Å². The lowest BCUT2D eigenvalue weighted by Gasteiger charge is -2.08. The summed E-state index contributed by atoms with van der Waals surface area (Å²) in [5.41, 5.74) is 1.74. The van der Waals surface area contributed by atoms with Crippen molar-refractivity contribution in [3.63, 3.8) is 0 Å². The minimum Gasteiger partial charge on any atom is -0.494 e. The lowest BCUT2D eigenvalue weighted by molar-refractivity contribution is -0.116. The fourth-order valence-corrected chi connectivity index (χ4v) is 2.26. The number of anilines is 1. The molecule has 0 radical (unpaired) electrons. The van der Waals surface area contributed by atoms with Crippen LogP contribution < -0.4 is 10.1 Å². The quantitative estimate of drug-likeness (QED) is 0.777. The maximum absolute atomic E-state index is 13.0. The summed E-state index contributed by atoms with van der Waals surface area (Å²) < 4.78 is 18.4. The second kappa shape index (κ2) is 8.24. The van der Waals surface area contributed by atoms with E-state index in [0.717, 1.165) is 0 Å². The van der Waals surface area contributed by atoms with Crippen molar-refractivity contribution in [3.05, 3.63) is 59.4 Å². The van der Waals surface area contributed by atoms with E-state index in [9.17, 15) is 14.0 Å². The van der Waals surface area contributed by atoms with Crippen LogP contribution in [0.25, 0.3) is 0 Å². The third-order valence-corrected chi connectivity index (χ3v) is 3.53. The second-order valence-electron chi connectivity index (χ2n) is 5.39. The monoisotopic (exact) mass is 329 g/mol. The molecule has 0 bridgehead atoms. The van der Waals surface area contributed by atoms with Gasteiger partial charge < -0.3 is 10.1 Å². The molecule has 0 saturated heterocycles. The minimum atomic E-state index is -0.351. The second-order valence-corrected chi connectivity index (χ2v) is 5.39. The Hall–Kier alpha value is -2.69. The number of aryl methyl sites for hydroxylation is 1. The van der Waals surface area contributed by atoms with Crippen LogP contribution in [0.15, 0.2) is 42.5 Å². The molecule has 0 saturated carbocycles. The van der Waals surface area contributed by atoms with Gasteiger partial charge in [-0.25, -0.2) is 4.39 Å². The van der Waals surface area contributed by atoms with Crippen LogP contribution in [-0.2, 0) is 4.79 Å². The summed E-state index contributed by atoms with van der Waals surface area (Å²) in [5, 5.41) is 2.69. The average Bonchev–Trinajstić information content (AvgIpc) is 2.56. The highest BCUT2D eigenvalue weighted by Crippen LogP contribution is 2.17. The topological polar surface area (TPSA) is 55.4 Å². The van der Waals surface area contributed by atoms with Crippen molar-refractivity contribution in [2.75, 3.05) is 11.9 Å². The van der Waals surface area contributed by atoms with Crippen LogP contribution in [0.3, 0.4) is 0 Å². The van der Waals surface area contributed by atoms with E-state index >= 15 is 0 Å². The van der Waals surface area contributed by atoms with E-state index in [1.165, 1.54) is 18.2 Å². The van der Waals surface area contributed by atoms with Gasteiger partial charge in [0.15, 0.2) is 5.78 Å². The number of hydrogen-bond donors (Lipinski definition) is 1. The normalized spacial score (nSPS) is 10.3. The summed E-state index contributed by atoms with van der Waals surface area (Å²) >= 11 is 0. The molecule has 0 aliphatic rings. The predicted molar refractivity (Wildman–Crippen MR) is 90.9 cm³/mol. The maximum Gasteiger partial charge on any atom is 0.224 e. The van der Waals surface area contributed by atoms with Crippen molar-refractivity contribution in [1.29, 1.82) is 0 Å². The van der Waals surface area contributed by atoms with Gasteiger partial charge >= 0.3 is 0 Å². The molecule has 0 aliphatic heterocycles. The molecule has 5 heteroatoms. The average molecular weight is 329 g/mol. The van der Waals surface area contributed by atoms with Crippen LogP contribution in [0.4, 0.5) is 10.1 Å². The van der Waals surface area contributed by atoms with E-state index in [0.29, 0.717) is 29.2 Å². The highest BCUT2D eigenvalue weighted by Gasteiger charge is 2.11. The zero-order valence-electron chi connectivity index (χ0n) is 13.8. The van der Waals surface area contributed by atoms with Gasteiger partial charge in [-0.1, -0.05) is 0 Å². The van der Waals surface area contributed by atoms with Crippen molar-refractivity contribution in [3.8, 4) is 5.75 Å². The summed E-state index contributed by atoms with van der Waals surface area (Å²) in [6.07, 6.45) is 0.183. The summed E-state index contributed by atoms with van der Waals surface area (Å²) in [4.78, 5) is 24.1. The van der Waals surface area contributed by atoms with Gasteiger partial charge in [0.05, 0.1) is 6.61 Å². The van der Waals surface area contributed by atoms with Crippen LogP contribution in [-0.4, -0.2) is 18.3 Å². The van der Waals surface area contributed by atoms with Gasteiger partial charge in [0.2, 0.25) is 5.91 Å². The molecule has 2 aromatic carbocycles. The van der Waals surface area contributed by atoms with Crippen LogP contribution >= 0.6 is 0 Å². The number of hydrogen-bond acceptors (Lipinski definition) is 3. The summed E-state index contributed by atoms with van der Waals surface area (Å²) in [5.74, 6) is -0.0252. The predicted octanol–water partition coefficient (Wildman–Crippen LogP) is 4.13. The molecule has 0 fully saturated rings. The number of ether oxygens (including phenoxy) is 1. The van der Waals surface area contributed by atoms with Crippen LogP contribution in [0.5, 0.6) is 5.75 Å². The Kier molecular flexibility index (Phi) is 6.07. The van der Waals surface area contributed by atoms with E-state index in [1.807, 2.05) is 6.92 Å². The first-order valence-electron chi connectivity index (χ1n) is 7.81. The number of nitrogens with one attached hydrogen (secondary N) is 1. The largest absolute Gasteiger partial charge is 0.494 e. The van der Waals surface area contributed by atoms with Gasteiger partial charge in [-0.2, -0.15) is 0 Å². The standard InChI is InChI=1S/C19H20FNO3/c1-3-24-16-7-4-14(5-8-16)18(22)10-11-19(23)21-17-9-6-15(20)12-13(17)2/h4-9,12H,3,10-11H2,1-2H3,(H,21,23). The third-order valence-electron chi connectivity index (χ3n) is 3.53. The van der Waals surface area contributed by atoms with Gasteiger partial charge in [-0.05, 0) is 61.9 Å². The Morgan fingerprint density at radius 1 is 1.08 bits per heavy atom. The molecule has 24 heavy (non-hydrogen) atoms. The number of ketones is 1. The molecule has 2 aromatic rings. The Bertz CT molecular complexity index is 726. The Morgan fingerprint density at radius 3 is 2.42 bits per heavy atom. The highest BCUT2D eigenvalue weighted by atomic mass is 19.1. The number of amides is 1. The number of carbonyl (C=O) groups is 2. The highest BCUT2D eigenvalue weighted by molar-refractivity contribution is 6.00. The number of carbonyl (C=O) groups excluding carboxylic acids is 2. The van der Waals surface area contributed by atoms with Gasteiger partial charge in [0.1, 0.15) is 11.6 Å². The van der Waals surface area contributed by atoms with Crippen LogP contribution in [0.2, 0.25) is 0 Å². The van der Waals surface area contributed by atoms with E-state index in [4.69, 9.17) is 4.74 Å². The summed E-state index contributed by atoms with van der Waals surface area (Å²) in [7, 11) is 0. The molecule has 1 amide bonds. The number of rotatable bonds is 7. The smallest absolute Gasteiger partial charge is 0.224 e. The molecule has 2 rings (SSSR count). The zero-order chi connectivity index (χ0) is 17.5. The minimum absolute atomic E-state index is 0.0723. The maximum atomic E-state index is 13.0. The van der Waals surface area contributed by atoms with Gasteiger partial charge in [0, 0.05) is 24.1 Å². The van der Waals surface area contributed by atoms with Crippen molar-refractivity contribution in [1.82, 2.24) is 0 Å². The fourth-order valence-electron chi connectivity index (χ4n) is 2.26. The van der Waals surface area contributed by atoms with Crippen molar-refractivity contribution >= 4 is 17.4 Å². The molecule has 0 aliphatic carbocycles. The Labute approximate surface area is 140 Å². The SMILES string of the molecule is CCOc1ccc(C(=O)CCC(=O)Nc2ccc(F)cc2C)cc1. The molecule has 4 nitrogen and oxygen atoms in total. The van der Waals surface area contributed by atoms with Crippen LogP contribution in [0, 0.1) is 12.7 Å². The molecular formula is C19H20FNO3. The van der Waals surface area contributed by atoms with E-state index in [1.54, 1.807) is 31.2 Å². The molecule has 1 N–H and O–H groups in total. The Balaban J connectivity index is 1.87. The zero-order valence-corrected chi connectivity index (χ0v) is 13.8. The van der Waals surface area contributed by atoms with E-state index in [-0.39, 0.29) is 30.3 Å². The summed E-state index contributed by atoms with van der Waals surface area (Å²) in [6.45, 7) is 4.17.